The van der Waals surface area contributed by atoms with Crippen LogP contribution in [0.3, 0.4) is 0 Å². The van der Waals surface area contributed by atoms with E-state index >= 15 is 0 Å². The number of benzene rings is 2. The summed E-state index contributed by atoms with van der Waals surface area (Å²) in [5.41, 5.74) is 1.78. The van der Waals surface area contributed by atoms with Crippen molar-refractivity contribution in [2.75, 3.05) is 25.1 Å². The number of hydrogen-bond acceptors (Lipinski definition) is 4. The molecule has 6 heteroatoms. The Bertz CT molecular complexity index is 967. The summed E-state index contributed by atoms with van der Waals surface area (Å²) in [6.45, 7) is 3.59. The number of methoxy groups -OCH3 is 1. The van der Waals surface area contributed by atoms with Gasteiger partial charge in [-0.2, -0.15) is 0 Å². The van der Waals surface area contributed by atoms with Gasteiger partial charge in [-0.25, -0.2) is 9.29 Å². The maximum Gasteiger partial charge on any atom is 0.282 e. The van der Waals surface area contributed by atoms with Gasteiger partial charge in [-0.1, -0.05) is 19.1 Å². The lowest BCUT2D eigenvalue weighted by molar-refractivity contribution is -0.120. The fourth-order valence-corrected chi connectivity index (χ4v) is 4.05. The van der Waals surface area contributed by atoms with Crippen LogP contribution in [0.2, 0.25) is 0 Å². The minimum Gasteiger partial charge on any atom is -0.497 e. The lowest BCUT2D eigenvalue weighted by atomic mass is 9.98. The standard InChI is InChI=1S/C23H23FN2O3/c1-15-4-3-13-25(14-15)21-20(16-5-7-17(24)8-6-16)22(27)26(23(21)28)18-9-11-19(29-2)12-10-18/h5-12,15H,3-4,13-14H2,1-2H3. The molecule has 0 aromatic heterocycles. The van der Waals surface area contributed by atoms with Crippen LogP contribution in [0.15, 0.2) is 54.2 Å². The van der Waals surface area contributed by atoms with E-state index in [1.54, 1.807) is 43.5 Å². The Hall–Kier alpha value is -3.15. The Labute approximate surface area is 169 Å². The summed E-state index contributed by atoms with van der Waals surface area (Å²) in [5.74, 6) is -0.0341. The van der Waals surface area contributed by atoms with Crippen LogP contribution < -0.4 is 9.64 Å². The molecule has 2 aromatic rings. The van der Waals surface area contributed by atoms with Gasteiger partial charge >= 0.3 is 0 Å². The molecule has 2 aromatic carbocycles. The number of hydrogen-bond donors (Lipinski definition) is 0. The molecule has 4 rings (SSSR count). The molecule has 0 aliphatic carbocycles. The van der Waals surface area contributed by atoms with Gasteiger partial charge in [0, 0.05) is 13.1 Å². The predicted molar refractivity (Wildman–Crippen MR) is 109 cm³/mol. The van der Waals surface area contributed by atoms with E-state index in [2.05, 4.69) is 6.92 Å². The van der Waals surface area contributed by atoms with Crippen LogP contribution in [0.5, 0.6) is 5.75 Å². The first-order valence-corrected chi connectivity index (χ1v) is 9.77. The highest BCUT2D eigenvalue weighted by atomic mass is 19.1. The molecule has 2 aliphatic heterocycles. The lowest BCUT2D eigenvalue weighted by Gasteiger charge is -2.33. The molecule has 5 nitrogen and oxygen atoms in total. The third kappa shape index (κ3) is 3.50. The molecule has 0 bridgehead atoms. The molecule has 0 saturated carbocycles. The van der Waals surface area contributed by atoms with Crippen LogP contribution >= 0.6 is 0 Å². The first-order valence-electron chi connectivity index (χ1n) is 9.77. The van der Waals surface area contributed by atoms with E-state index in [9.17, 15) is 14.0 Å². The molecule has 2 heterocycles. The van der Waals surface area contributed by atoms with Crippen molar-refractivity contribution < 1.29 is 18.7 Å². The third-order valence-electron chi connectivity index (χ3n) is 5.50. The van der Waals surface area contributed by atoms with E-state index in [-0.39, 0.29) is 17.6 Å². The molecule has 2 aliphatic rings. The Kier molecular flexibility index (Phi) is 5.09. The third-order valence-corrected chi connectivity index (χ3v) is 5.50. The number of likely N-dealkylation sites (tertiary alicyclic amines) is 1. The van der Waals surface area contributed by atoms with Crippen LogP contribution in [0.4, 0.5) is 10.1 Å². The summed E-state index contributed by atoms with van der Waals surface area (Å²) < 4.78 is 18.6. The number of carbonyl (C=O) groups is 2. The number of imide groups is 1. The van der Waals surface area contributed by atoms with Crippen molar-refractivity contribution in [2.45, 2.75) is 19.8 Å². The van der Waals surface area contributed by atoms with Gasteiger partial charge in [0.2, 0.25) is 0 Å². The van der Waals surface area contributed by atoms with E-state index < -0.39 is 0 Å². The molecule has 29 heavy (non-hydrogen) atoms. The predicted octanol–water partition coefficient (Wildman–Crippen LogP) is 3.85. The highest BCUT2D eigenvalue weighted by molar-refractivity contribution is 6.45. The van der Waals surface area contributed by atoms with Crippen molar-refractivity contribution in [2.24, 2.45) is 5.92 Å². The van der Waals surface area contributed by atoms with Gasteiger partial charge in [-0.3, -0.25) is 9.59 Å². The highest BCUT2D eigenvalue weighted by Crippen LogP contribution is 2.36. The molecule has 1 atom stereocenters. The largest absolute Gasteiger partial charge is 0.497 e. The van der Waals surface area contributed by atoms with E-state index in [0.29, 0.717) is 34.2 Å². The van der Waals surface area contributed by atoms with Crippen LogP contribution in [0, 0.1) is 11.7 Å². The molecular weight excluding hydrogens is 371 g/mol. The quantitative estimate of drug-likeness (QED) is 0.739. The van der Waals surface area contributed by atoms with Gasteiger partial charge in [0.25, 0.3) is 11.8 Å². The second-order valence-electron chi connectivity index (χ2n) is 7.57. The summed E-state index contributed by atoms with van der Waals surface area (Å²) in [4.78, 5) is 30.0. The lowest BCUT2D eigenvalue weighted by Crippen LogP contribution is -2.39. The Morgan fingerprint density at radius 2 is 1.69 bits per heavy atom. The minimum atomic E-state index is -0.389. The van der Waals surface area contributed by atoms with Crippen LogP contribution in [0.1, 0.15) is 25.3 Å². The van der Waals surface area contributed by atoms with Gasteiger partial charge < -0.3 is 9.64 Å². The smallest absolute Gasteiger partial charge is 0.282 e. The fourth-order valence-electron chi connectivity index (χ4n) is 4.05. The second kappa shape index (κ2) is 7.70. The highest BCUT2D eigenvalue weighted by Gasteiger charge is 2.43. The van der Waals surface area contributed by atoms with Crippen molar-refractivity contribution in [1.82, 2.24) is 4.90 Å². The van der Waals surface area contributed by atoms with E-state index in [1.165, 1.54) is 17.0 Å². The van der Waals surface area contributed by atoms with E-state index in [4.69, 9.17) is 4.74 Å². The van der Waals surface area contributed by atoms with Gasteiger partial charge in [0.1, 0.15) is 17.3 Å². The number of anilines is 1. The maximum atomic E-state index is 13.5. The zero-order valence-corrected chi connectivity index (χ0v) is 16.5. The zero-order chi connectivity index (χ0) is 20.5. The average Bonchev–Trinajstić information content (AvgIpc) is 2.99. The van der Waals surface area contributed by atoms with Crippen LogP contribution in [0.25, 0.3) is 5.57 Å². The minimum absolute atomic E-state index is 0.333. The molecule has 150 valence electrons. The Morgan fingerprint density at radius 1 is 1.00 bits per heavy atom. The molecular formula is C23H23FN2O3. The van der Waals surface area contributed by atoms with Gasteiger partial charge in [0.05, 0.1) is 18.4 Å². The van der Waals surface area contributed by atoms with E-state index in [0.717, 1.165) is 25.9 Å². The summed E-state index contributed by atoms with van der Waals surface area (Å²) in [7, 11) is 1.56. The zero-order valence-electron chi connectivity index (χ0n) is 16.5. The van der Waals surface area contributed by atoms with Crippen molar-refractivity contribution in [3.63, 3.8) is 0 Å². The van der Waals surface area contributed by atoms with E-state index in [1.807, 2.05) is 4.90 Å². The van der Waals surface area contributed by atoms with Crippen molar-refractivity contribution in [1.29, 1.82) is 0 Å². The molecule has 0 N–H and O–H groups in total. The first kappa shape index (κ1) is 19.2. The number of ether oxygens (including phenoxy) is 1. The maximum absolute atomic E-state index is 13.5. The fraction of sp³-hybridized carbons (Fsp3) is 0.304. The van der Waals surface area contributed by atoms with Crippen LogP contribution in [-0.4, -0.2) is 36.9 Å². The number of halogens is 1. The molecule has 2 amide bonds. The number of amides is 2. The summed E-state index contributed by atoms with van der Waals surface area (Å²) in [6.07, 6.45) is 2.06. The van der Waals surface area contributed by atoms with Crippen LogP contribution in [-0.2, 0) is 9.59 Å². The second-order valence-corrected chi connectivity index (χ2v) is 7.57. The summed E-state index contributed by atoms with van der Waals surface area (Å²) in [6, 6.07) is 12.6. The molecule has 1 saturated heterocycles. The SMILES string of the molecule is COc1ccc(N2C(=O)C(c3ccc(F)cc3)=C(N3CCCC(C)C3)C2=O)cc1. The molecule has 1 fully saturated rings. The molecule has 0 radical (unpaired) electrons. The number of rotatable bonds is 4. The van der Waals surface area contributed by atoms with Crippen molar-refractivity contribution in [3.05, 3.63) is 65.6 Å². The van der Waals surface area contributed by atoms with Gasteiger partial charge in [-0.05, 0) is 60.7 Å². The number of nitrogens with zero attached hydrogens (tertiary/aromatic N) is 2. The number of carbonyl (C=O) groups excluding carboxylic acids is 2. The molecule has 1 unspecified atom stereocenters. The van der Waals surface area contributed by atoms with Gasteiger partial charge in [0.15, 0.2) is 0 Å². The Morgan fingerprint density at radius 3 is 2.31 bits per heavy atom. The summed E-state index contributed by atoms with van der Waals surface area (Å²) >= 11 is 0. The number of piperidine rings is 1. The van der Waals surface area contributed by atoms with Crippen molar-refractivity contribution >= 4 is 23.1 Å². The summed E-state index contributed by atoms with van der Waals surface area (Å²) in [5, 5.41) is 0. The van der Waals surface area contributed by atoms with Gasteiger partial charge in [-0.15, -0.1) is 0 Å². The average molecular weight is 394 g/mol. The molecule has 0 spiro atoms. The Balaban J connectivity index is 1.79. The van der Waals surface area contributed by atoms with Crippen molar-refractivity contribution in [3.8, 4) is 5.75 Å². The normalized spacial score (nSPS) is 19.9. The topological polar surface area (TPSA) is 49.9 Å². The monoisotopic (exact) mass is 394 g/mol. The first-order chi connectivity index (χ1) is 14.0.